The van der Waals surface area contributed by atoms with Gasteiger partial charge in [0.1, 0.15) is 5.75 Å². The Bertz CT molecular complexity index is 762. The fraction of sp³-hybridized carbons (Fsp3) is 0.333. The molecule has 1 aliphatic carbocycles. The van der Waals surface area contributed by atoms with Gasteiger partial charge in [-0.3, -0.25) is 4.79 Å². The van der Waals surface area contributed by atoms with Gasteiger partial charge in [0.15, 0.2) is 6.10 Å². The van der Waals surface area contributed by atoms with Gasteiger partial charge in [-0.25, -0.2) is 4.79 Å². The summed E-state index contributed by atoms with van der Waals surface area (Å²) < 4.78 is 5.29. The van der Waals surface area contributed by atoms with Crippen LogP contribution in [0.15, 0.2) is 48.5 Å². The van der Waals surface area contributed by atoms with Crippen LogP contribution in [-0.2, 0) is 9.53 Å². The van der Waals surface area contributed by atoms with Gasteiger partial charge in [-0.2, -0.15) is 0 Å². The Labute approximate surface area is 153 Å². The monoisotopic (exact) mass is 353 g/mol. The molecule has 1 saturated carbocycles. The number of nitrogens with one attached hydrogen (secondary N) is 1. The van der Waals surface area contributed by atoms with Crippen LogP contribution in [0.1, 0.15) is 43.0 Å². The van der Waals surface area contributed by atoms with E-state index in [4.69, 9.17) is 4.74 Å². The molecule has 2 N–H and O–H groups in total. The molecule has 26 heavy (non-hydrogen) atoms. The van der Waals surface area contributed by atoms with Crippen molar-refractivity contribution in [1.29, 1.82) is 0 Å². The van der Waals surface area contributed by atoms with Crippen LogP contribution in [0.5, 0.6) is 5.75 Å². The molecule has 2 aromatic rings. The number of phenolic OH excluding ortho intramolecular Hbond substituents is 1. The molecule has 0 aromatic heterocycles. The zero-order chi connectivity index (χ0) is 18.5. The summed E-state index contributed by atoms with van der Waals surface area (Å²) in [5.74, 6) is -0.555. The van der Waals surface area contributed by atoms with Crippen molar-refractivity contribution in [2.45, 2.75) is 44.8 Å². The highest BCUT2D eigenvalue weighted by atomic mass is 16.5. The van der Waals surface area contributed by atoms with E-state index >= 15 is 0 Å². The Kier molecular flexibility index (Phi) is 5.56. The number of phenols is 1. The molecule has 0 radical (unpaired) electrons. The number of hydrogen-bond acceptors (Lipinski definition) is 4. The lowest BCUT2D eigenvalue weighted by atomic mass is 10.0. The molecule has 0 heterocycles. The van der Waals surface area contributed by atoms with Crippen molar-refractivity contribution >= 4 is 11.9 Å². The number of amides is 1. The Hall–Kier alpha value is -2.82. The quantitative estimate of drug-likeness (QED) is 0.804. The summed E-state index contributed by atoms with van der Waals surface area (Å²) in [4.78, 5) is 24.4. The van der Waals surface area contributed by atoms with E-state index in [1.54, 1.807) is 43.3 Å². The first-order valence-corrected chi connectivity index (χ1v) is 8.94. The van der Waals surface area contributed by atoms with Gasteiger partial charge in [-0.15, -0.1) is 0 Å². The Morgan fingerprint density at radius 3 is 2.12 bits per heavy atom. The first-order chi connectivity index (χ1) is 12.5. The maximum Gasteiger partial charge on any atom is 0.338 e. The molecular weight excluding hydrogens is 330 g/mol. The van der Waals surface area contributed by atoms with Gasteiger partial charge in [0, 0.05) is 6.04 Å². The molecule has 0 spiro atoms. The van der Waals surface area contributed by atoms with E-state index < -0.39 is 12.1 Å². The second kappa shape index (κ2) is 8.04. The summed E-state index contributed by atoms with van der Waals surface area (Å²) >= 11 is 0. The lowest BCUT2D eigenvalue weighted by Crippen LogP contribution is -2.40. The number of hydrogen-bond donors (Lipinski definition) is 2. The Morgan fingerprint density at radius 1 is 1.00 bits per heavy atom. The average Bonchev–Trinajstić information content (AvgIpc) is 3.15. The molecule has 0 unspecified atom stereocenters. The van der Waals surface area contributed by atoms with E-state index in [2.05, 4.69) is 5.32 Å². The summed E-state index contributed by atoms with van der Waals surface area (Å²) in [6, 6.07) is 14.0. The predicted molar refractivity (Wildman–Crippen MR) is 98.8 cm³/mol. The van der Waals surface area contributed by atoms with Gasteiger partial charge in [0.05, 0.1) is 5.56 Å². The molecular formula is C21H23NO4. The average molecular weight is 353 g/mol. The number of rotatable bonds is 5. The molecule has 5 nitrogen and oxygen atoms in total. The lowest BCUT2D eigenvalue weighted by Gasteiger charge is -2.17. The minimum absolute atomic E-state index is 0.202. The fourth-order valence-electron chi connectivity index (χ4n) is 3.12. The van der Waals surface area contributed by atoms with Crippen LogP contribution in [0.3, 0.4) is 0 Å². The van der Waals surface area contributed by atoms with E-state index in [1.807, 2.05) is 12.1 Å². The highest BCUT2D eigenvalue weighted by molar-refractivity contribution is 5.92. The highest BCUT2D eigenvalue weighted by Crippen LogP contribution is 2.22. The largest absolute Gasteiger partial charge is 0.508 e. The molecule has 1 atom stereocenters. The van der Waals surface area contributed by atoms with E-state index in [1.165, 1.54) is 0 Å². The summed E-state index contributed by atoms with van der Waals surface area (Å²) in [5, 5.41) is 12.3. The lowest BCUT2D eigenvalue weighted by molar-refractivity contribution is -0.129. The highest BCUT2D eigenvalue weighted by Gasteiger charge is 2.23. The van der Waals surface area contributed by atoms with Crippen LogP contribution in [-0.4, -0.2) is 29.1 Å². The molecule has 136 valence electrons. The third-order valence-electron chi connectivity index (χ3n) is 4.68. The second-order valence-corrected chi connectivity index (χ2v) is 6.66. The van der Waals surface area contributed by atoms with Crippen LogP contribution >= 0.6 is 0 Å². The number of carbonyl (C=O) groups is 2. The van der Waals surface area contributed by atoms with Gasteiger partial charge in [-0.1, -0.05) is 37.1 Å². The van der Waals surface area contributed by atoms with Gasteiger partial charge in [0.2, 0.25) is 0 Å². The predicted octanol–water partition coefficient (Wildman–Crippen LogP) is 3.66. The molecule has 0 bridgehead atoms. The SMILES string of the molecule is C[C@H](OC(=O)c1ccc(-c2ccc(O)cc2)cc1)C(=O)NC1CCCC1. The first kappa shape index (κ1) is 18.0. The Balaban J connectivity index is 1.58. The number of aromatic hydroxyl groups is 1. The van der Waals surface area contributed by atoms with Crippen molar-refractivity contribution in [1.82, 2.24) is 5.32 Å². The van der Waals surface area contributed by atoms with Crippen molar-refractivity contribution in [3.8, 4) is 16.9 Å². The van der Waals surface area contributed by atoms with Crippen molar-refractivity contribution in [3.05, 3.63) is 54.1 Å². The van der Waals surface area contributed by atoms with Gasteiger partial charge in [-0.05, 0) is 55.2 Å². The third-order valence-corrected chi connectivity index (χ3v) is 4.68. The van der Waals surface area contributed by atoms with E-state index in [9.17, 15) is 14.7 Å². The summed E-state index contributed by atoms with van der Waals surface area (Å²) in [7, 11) is 0. The van der Waals surface area contributed by atoms with E-state index in [-0.39, 0.29) is 17.7 Å². The smallest absolute Gasteiger partial charge is 0.338 e. The van der Waals surface area contributed by atoms with Crippen molar-refractivity contribution in [3.63, 3.8) is 0 Å². The van der Waals surface area contributed by atoms with Crippen molar-refractivity contribution < 1.29 is 19.4 Å². The van der Waals surface area contributed by atoms with Crippen molar-refractivity contribution in [2.75, 3.05) is 0 Å². The first-order valence-electron chi connectivity index (χ1n) is 8.94. The standard InChI is InChI=1S/C21H23NO4/c1-14(20(24)22-18-4-2-3-5-18)26-21(25)17-8-6-15(7-9-17)16-10-12-19(23)13-11-16/h6-14,18,23H,2-5H2,1H3,(H,22,24)/t14-/m0/s1. The van der Waals surface area contributed by atoms with E-state index in [0.29, 0.717) is 5.56 Å². The topological polar surface area (TPSA) is 75.6 Å². The van der Waals surface area contributed by atoms with Crippen LogP contribution in [0.4, 0.5) is 0 Å². The molecule has 0 saturated heterocycles. The molecule has 3 rings (SSSR count). The molecule has 5 heteroatoms. The molecule has 1 fully saturated rings. The van der Waals surface area contributed by atoms with Crippen LogP contribution in [0.25, 0.3) is 11.1 Å². The normalized spacial score (nSPS) is 15.4. The maximum absolute atomic E-state index is 12.3. The van der Waals surface area contributed by atoms with Gasteiger partial charge in [0.25, 0.3) is 5.91 Å². The van der Waals surface area contributed by atoms with Crippen LogP contribution in [0, 0.1) is 0 Å². The summed E-state index contributed by atoms with van der Waals surface area (Å²) in [6.07, 6.45) is 3.43. The van der Waals surface area contributed by atoms with E-state index in [0.717, 1.165) is 36.8 Å². The molecule has 1 amide bonds. The zero-order valence-electron chi connectivity index (χ0n) is 14.8. The minimum atomic E-state index is -0.820. The minimum Gasteiger partial charge on any atom is -0.508 e. The summed E-state index contributed by atoms with van der Waals surface area (Å²) in [6.45, 7) is 1.59. The third kappa shape index (κ3) is 4.42. The number of benzene rings is 2. The molecule has 1 aliphatic rings. The van der Waals surface area contributed by atoms with Crippen LogP contribution in [0.2, 0.25) is 0 Å². The number of carbonyl (C=O) groups excluding carboxylic acids is 2. The van der Waals surface area contributed by atoms with Crippen molar-refractivity contribution in [2.24, 2.45) is 0 Å². The molecule has 2 aromatic carbocycles. The molecule has 0 aliphatic heterocycles. The number of esters is 1. The number of ether oxygens (including phenoxy) is 1. The Morgan fingerprint density at radius 2 is 1.54 bits per heavy atom. The van der Waals surface area contributed by atoms with Gasteiger partial charge >= 0.3 is 5.97 Å². The maximum atomic E-state index is 12.3. The van der Waals surface area contributed by atoms with Gasteiger partial charge < -0.3 is 15.2 Å². The fourth-order valence-corrected chi connectivity index (χ4v) is 3.12. The summed E-state index contributed by atoms with van der Waals surface area (Å²) in [5.41, 5.74) is 2.26. The second-order valence-electron chi connectivity index (χ2n) is 6.66. The zero-order valence-corrected chi connectivity index (χ0v) is 14.8. The van der Waals surface area contributed by atoms with Crippen LogP contribution < -0.4 is 5.32 Å².